The Balaban J connectivity index is 1.72. The molecular formula is C16H12N2O5S3. The standard InChI is InChI=1S/C16H12N2O5S3/c19-16(11-6-7-24-10-11)15-5-4-13(25-15)9-17-26(22,23)14-3-1-2-12(8-14)18(20)21/h1-8,10,17H,9H2. The molecule has 2 aromatic heterocycles. The average molecular weight is 408 g/mol. The Hall–Kier alpha value is -2.40. The number of nitro benzene ring substituents is 1. The van der Waals surface area contributed by atoms with Crippen LogP contribution < -0.4 is 4.72 Å². The van der Waals surface area contributed by atoms with Crippen LogP contribution in [0.4, 0.5) is 5.69 Å². The summed E-state index contributed by atoms with van der Waals surface area (Å²) in [5, 5.41) is 14.4. The van der Waals surface area contributed by atoms with Crippen molar-refractivity contribution < 1.29 is 18.1 Å². The highest BCUT2D eigenvalue weighted by Gasteiger charge is 2.18. The number of thiophene rings is 2. The Morgan fingerprint density at radius 1 is 1.19 bits per heavy atom. The molecule has 26 heavy (non-hydrogen) atoms. The summed E-state index contributed by atoms with van der Waals surface area (Å²) < 4.78 is 27.0. The molecule has 3 rings (SSSR count). The molecule has 1 N–H and O–H groups in total. The number of rotatable bonds is 7. The lowest BCUT2D eigenvalue weighted by atomic mass is 10.2. The van der Waals surface area contributed by atoms with Gasteiger partial charge in [-0.25, -0.2) is 13.1 Å². The Morgan fingerprint density at radius 3 is 2.69 bits per heavy atom. The van der Waals surface area contributed by atoms with Gasteiger partial charge in [0.2, 0.25) is 15.8 Å². The number of nitro groups is 1. The van der Waals surface area contributed by atoms with Gasteiger partial charge in [-0.15, -0.1) is 11.3 Å². The van der Waals surface area contributed by atoms with E-state index in [-0.39, 0.29) is 22.9 Å². The predicted molar refractivity (Wildman–Crippen MR) is 99.2 cm³/mol. The molecule has 0 spiro atoms. The highest BCUT2D eigenvalue weighted by atomic mass is 32.2. The monoisotopic (exact) mass is 408 g/mol. The summed E-state index contributed by atoms with van der Waals surface area (Å²) in [5.74, 6) is -0.107. The van der Waals surface area contributed by atoms with Gasteiger partial charge in [0, 0.05) is 34.5 Å². The molecule has 2 heterocycles. The highest BCUT2D eigenvalue weighted by Crippen LogP contribution is 2.22. The topological polar surface area (TPSA) is 106 Å². The van der Waals surface area contributed by atoms with Gasteiger partial charge in [0.15, 0.2) is 0 Å². The lowest BCUT2D eigenvalue weighted by Crippen LogP contribution is -2.22. The van der Waals surface area contributed by atoms with E-state index in [0.717, 1.165) is 6.07 Å². The molecule has 0 saturated carbocycles. The maximum Gasteiger partial charge on any atom is 0.270 e. The third-order valence-electron chi connectivity index (χ3n) is 3.44. The largest absolute Gasteiger partial charge is 0.288 e. The number of hydrogen-bond acceptors (Lipinski definition) is 7. The first-order chi connectivity index (χ1) is 12.4. The number of nitrogens with zero attached hydrogens (tertiary/aromatic N) is 1. The van der Waals surface area contributed by atoms with Gasteiger partial charge < -0.3 is 0 Å². The molecule has 0 aliphatic rings. The van der Waals surface area contributed by atoms with Crippen LogP contribution in [-0.2, 0) is 16.6 Å². The molecule has 0 saturated heterocycles. The van der Waals surface area contributed by atoms with E-state index in [1.807, 2.05) is 5.38 Å². The summed E-state index contributed by atoms with van der Waals surface area (Å²) in [6, 6.07) is 9.90. The van der Waals surface area contributed by atoms with Crippen LogP contribution in [0.2, 0.25) is 0 Å². The molecule has 134 valence electrons. The van der Waals surface area contributed by atoms with Crippen LogP contribution in [0.25, 0.3) is 0 Å². The van der Waals surface area contributed by atoms with Crippen LogP contribution in [0.1, 0.15) is 20.1 Å². The van der Waals surface area contributed by atoms with Crippen LogP contribution in [-0.4, -0.2) is 19.1 Å². The minimum Gasteiger partial charge on any atom is -0.288 e. The number of hydrogen-bond donors (Lipinski definition) is 1. The Morgan fingerprint density at radius 2 is 2.00 bits per heavy atom. The Kier molecular flexibility index (Phi) is 5.28. The number of carbonyl (C=O) groups excluding carboxylic acids is 1. The second-order valence-corrected chi connectivity index (χ2v) is 8.90. The first-order valence-electron chi connectivity index (χ1n) is 7.26. The van der Waals surface area contributed by atoms with Crippen molar-refractivity contribution in [3.63, 3.8) is 0 Å². The number of nitrogens with one attached hydrogen (secondary N) is 1. The normalized spacial score (nSPS) is 11.4. The molecule has 0 aliphatic carbocycles. The van der Waals surface area contributed by atoms with E-state index < -0.39 is 14.9 Å². The fourth-order valence-corrected chi connectivity index (χ4v) is 4.83. The smallest absolute Gasteiger partial charge is 0.270 e. The van der Waals surface area contributed by atoms with Gasteiger partial charge in [-0.2, -0.15) is 11.3 Å². The zero-order chi connectivity index (χ0) is 18.7. The Bertz CT molecular complexity index is 1060. The number of ketones is 1. The fourth-order valence-electron chi connectivity index (χ4n) is 2.14. The molecule has 10 heteroatoms. The van der Waals surface area contributed by atoms with Crippen molar-refractivity contribution >= 4 is 44.2 Å². The number of non-ortho nitro benzene ring substituents is 1. The van der Waals surface area contributed by atoms with Crippen LogP contribution >= 0.6 is 22.7 Å². The third kappa shape index (κ3) is 4.05. The quantitative estimate of drug-likeness (QED) is 0.366. The fraction of sp³-hybridized carbons (Fsp3) is 0.0625. The first-order valence-corrected chi connectivity index (χ1v) is 10.5. The van der Waals surface area contributed by atoms with Crippen molar-refractivity contribution in [1.29, 1.82) is 0 Å². The second-order valence-electron chi connectivity index (χ2n) is 5.19. The van der Waals surface area contributed by atoms with E-state index in [1.54, 1.807) is 23.6 Å². The average Bonchev–Trinajstić information content (AvgIpc) is 3.31. The molecule has 0 amide bonds. The third-order valence-corrected chi connectivity index (χ3v) is 6.61. The molecule has 0 radical (unpaired) electrons. The van der Waals surface area contributed by atoms with Crippen LogP contribution in [0.3, 0.4) is 0 Å². The summed E-state index contributed by atoms with van der Waals surface area (Å²) in [4.78, 5) is 23.4. The van der Waals surface area contributed by atoms with E-state index in [2.05, 4.69) is 4.72 Å². The first kappa shape index (κ1) is 18.4. The van der Waals surface area contributed by atoms with Gasteiger partial charge in [0.05, 0.1) is 14.7 Å². The molecule has 0 bridgehead atoms. The zero-order valence-corrected chi connectivity index (χ0v) is 15.6. The van der Waals surface area contributed by atoms with Gasteiger partial charge >= 0.3 is 0 Å². The second kappa shape index (κ2) is 7.46. The Labute approximate surface area is 157 Å². The van der Waals surface area contributed by atoms with E-state index in [0.29, 0.717) is 15.3 Å². The predicted octanol–water partition coefficient (Wildman–Crippen LogP) is 3.43. The van der Waals surface area contributed by atoms with E-state index in [4.69, 9.17) is 0 Å². The van der Waals surface area contributed by atoms with Crippen molar-refractivity contribution in [2.45, 2.75) is 11.4 Å². The minimum atomic E-state index is -3.90. The van der Waals surface area contributed by atoms with Crippen molar-refractivity contribution in [3.8, 4) is 0 Å². The van der Waals surface area contributed by atoms with Crippen molar-refractivity contribution in [2.24, 2.45) is 0 Å². The van der Waals surface area contributed by atoms with Crippen LogP contribution in [0, 0.1) is 10.1 Å². The van der Waals surface area contributed by atoms with Crippen LogP contribution in [0.15, 0.2) is 58.1 Å². The zero-order valence-electron chi connectivity index (χ0n) is 13.1. The summed E-state index contributed by atoms with van der Waals surface area (Å²) in [7, 11) is -3.90. The minimum absolute atomic E-state index is 0.00733. The van der Waals surface area contributed by atoms with Gasteiger partial charge in [0.1, 0.15) is 0 Å². The molecule has 3 aromatic rings. The van der Waals surface area contributed by atoms with E-state index >= 15 is 0 Å². The molecule has 0 fully saturated rings. The van der Waals surface area contributed by atoms with E-state index in [1.165, 1.54) is 40.9 Å². The molecule has 0 atom stereocenters. The lowest BCUT2D eigenvalue weighted by Gasteiger charge is -2.05. The van der Waals surface area contributed by atoms with E-state index in [9.17, 15) is 23.3 Å². The van der Waals surface area contributed by atoms with Gasteiger partial charge in [-0.1, -0.05) is 6.07 Å². The summed E-state index contributed by atoms with van der Waals surface area (Å²) >= 11 is 2.63. The van der Waals surface area contributed by atoms with Gasteiger partial charge in [-0.05, 0) is 29.6 Å². The lowest BCUT2D eigenvalue weighted by molar-refractivity contribution is -0.385. The SMILES string of the molecule is O=C(c1ccsc1)c1ccc(CNS(=O)(=O)c2cccc([N+](=O)[O-])c2)s1. The highest BCUT2D eigenvalue weighted by molar-refractivity contribution is 7.89. The summed E-state index contributed by atoms with van der Waals surface area (Å²) in [6.45, 7) is -0.00733. The molecule has 7 nitrogen and oxygen atoms in total. The van der Waals surface area contributed by atoms with Crippen LogP contribution in [0.5, 0.6) is 0 Å². The number of sulfonamides is 1. The maximum absolute atomic E-state index is 12.3. The van der Waals surface area contributed by atoms with Crippen molar-refractivity contribution in [3.05, 3.63) is 78.7 Å². The van der Waals surface area contributed by atoms with Gasteiger partial charge in [-0.3, -0.25) is 14.9 Å². The molecule has 0 unspecified atom stereocenters. The number of benzene rings is 1. The summed E-state index contributed by atoms with van der Waals surface area (Å²) in [5.41, 5.74) is 0.299. The molecule has 1 aromatic carbocycles. The van der Waals surface area contributed by atoms with Crippen molar-refractivity contribution in [1.82, 2.24) is 4.72 Å². The number of carbonyl (C=O) groups is 1. The van der Waals surface area contributed by atoms with Gasteiger partial charge in [0.25, 0.3) is 5.69 Å². The molecule has 0 aliphatic heterocycles. The molecular weight excluding hydrogens is 396 g/mol. The summed E-state index contributed by atoms with van der Waals surface area (Å²) in [6.07, 6.45) is 0. The van der Waals surface area contributed by atoms with Crippen molar-refractivity contribution in [2.75, 3.05) is 0 Å². The maximum atomic E-state index is 12.3.